The molecule has 0 saturated heterocycles. The number of carbonyl (C=O) groups is 1. The van der Waals surface area contributed by atoms with E-state index in [1.807, 2.05) is 81.4 Å². The number of thiocarbonyl (C=S) groups is 1. The maximum atomic E-state index is 13.1. The molecule has 1 atom stereocenters. The lowest BCUT2D eigenvalue weighted by atomic mass is 9.94. The van der Waals surface area contributed by atoms with Gasteiger partial charge in [-0.1, -0.05) is 12.1 Å². The van der Waals surface area contributed by atoms with Crippen molar-refractivity contribution in [1.29, 1.82) is 0 Å². The lowest BCUT2D eigenvalue weighted by Gasteiger charge is -2.30. The molecule has 7 heteroatoms. The number of nitrogens with zero attached hydrogens (tertiary/aromatic N) is 1. The number of ether oxygens (including phenoxy) is 1. The molecule has 2 aromatic rings. The first kappa shape index (κ1) is 20.7. The van der Waals surface area contributed by atoms with Crippen LogP contribution in [0.3, 0.4) is 0 Å². The molecule has 152 valence electrons. The second-order valence-electron chi connectivity index (χ2n) is 6.97. The summed E-state index contributed by atoms with van der Waals surface area (Å²) in [6.45, 7) is 4.40. The van der Waals surface area contributed by atoms with E-state index in [2.05, 4.69) is 16.0 Å². The van der Waals surface area contributed by atoms with Gasteiger partial charge in [-0.2, -0.15) is 0 Å². The fourth-order valence-corrected chi connectivity index (χ4v) is 3.48. The smallest absolute Gasteiger partial charge is 0.255 e. The standard InChI is InChI=1S/C22H26N4O2S/c1-5-28-18-12-8-16(9-13-18)24-21(27)19-14(2)23-22(29)25-20(19)15-6-10-17(11-7-15)26(3)4/h6-13,20H,5H2,1-4H3,(H,24,27)(H2,23,25,29)/t20-/m1/s1. The minimum absolute atomic E-state index is 0.184. The van der Waals surface area contributed by atoms with Gasteiger partial charge < -0.3 is 25.6 Å². The van der Waals surface area contributed by atoms with E-state index in [9.17, 15) is 4.79 Å². The number of hydrogen-bond donors (Lipinski definition) is 3. The summed E-state index contributed by atoms with van der Waals surface area (Å²) in [5.41, 5.74) is 4.10. The zero-order valence-corrected chi connectivity index (χ0v) is 17.9. The largest absolute Gasteiger partial charge is 0.494 e. The molecule has 0 bridgehead atoms. The van der Waals surface area contributed by atoms with Crippen molar-refractivity contribution in [2.45, 2.75) is 19.9 Å². The van der Waals surface area contributed by atoms with Crippen LogP contribution in [0.4, 0.5) is 11.4 Å². The van der Waals surface area contributed by atoms with Crippen LogP contribution in [0.1, 0.15) is 25.5 Å². The van der Waals surface area contributed by atoms with Crippen LogP contribution >= 0.6 is 12.2 Å². The first-order chi connectivity index (χ1) is 13.9. The van der Waals surface area contributed by atoms with Crippen LogP contribution in [0.5, 0.6) is 5.75 Å². The molecule has 0 unspecified atom stereocenters. The Morgan fingerprint density at radius 2 is 1.79 bits per heavy atom. The number of benzene rings is 2. The van der Waals surface area contributed by atoms with E-state index in [-0.39, 0.29) is 11.9 Å². The van der Waals surface area contributed by atoms with Gasteiger partial charge in [-0.25, -0.2) is 0 Å². The first-order valence-electron chi connectivity index (χ1n) is 9.48. The molecule has 1 heterocycles. The Hall–Kier alpha value is -3.06. The molecule has 1 aliphatic heterocycles. The van der Waals surface area contributed by atoms with E-state index in [0.717, 1.165) is 22.7 Å². The normalized spacial score (nSPS) is 16.0. The van der Waals surface area contributed by atoms with E-state index < -0.39 is 0 Å². The van der Waals surface area contributed by atoms with Gasteiger partial charge in [-0.05, 0) is 68.0 Å². The maximum absolute atomic E-state index is 13.1. The predicted octanol–water partition coefficient (Wildman–Crippen LogP) is 3.58. The maximum Gasteiger partial charge on any atom is 0.255 e. The van der Waals surface area contributed by atoms with Gasteiger partial charge in [0.05, 0.1) is 18.2 Å². The minimum Gasteiger partial charge on any atom is -0.494 e. The SMILES string of the molecule is CCOc1ccc(NC(=O)C2=C(C)NC(=S)N[C@@H]2c2ccc(N(C)C)cc2)cc1. The van der Waals surface area contributed by atoms with E-state index in [1.54, 1.807) is 0 Å². The summed E-state index contributed by atoms with van der Waals surface area (Å²) in [7, 11) is 3.99. The van der Waals surface area contributed by atoms with Crippen LogP contribution in [-0.2, 0) is 4.79 Å². The van der Waals surface area contributed by atoms with Crippen molar-refractivity contribution in [3.8, 4) is 5.75 Å². The van der Waals surface area contributed by atoms with Crippen molar-refractivity contribution in [1.82, 2.24) is 10.6 Å². The number of carbonyl (C=O) groups excluding carboxylic acids is 1. The lowest BCUT2D eigenvalue weighted by Crippen LogP contribution is -2.45. The molecule has 1 aliphatic rings. The van der Waals surface area contributed by atoms with Gasteiger partial charge in [0, 0.05) is 31.2 Å². The molecule has 0 fully saturated rings. The molecule has 2 aromatic carbocycles. The van der Waals surface area contributed by atoms with E-state index >= 15 is 0 Å². The topological polar surface area (TPSA) is 65.6 Å². The molecule has 3 N–H and O–H groups in total. The second kappa shape index (κ2) is 8.96. The van der Waals surface area contributed by atoms with E-state index in [4.69, 9.17) is 17.0 Å². The molecule has 3 rings (SSSR count). The molecule has 0 aromatic heterocycles. The lowest BCUT2D eigenvalue weighted by molar-refractivity contribution is -0.113. The molecule has 0 saturated carbocycles. The first-order valence-corrected chi connectivity index (χ1v) is 9.89. The summed E-state index contributed by atoms with van der Waals surface area (Å²) in [5.74, 6) is 0.585. The van der Waals surface area contributed by atoms with Crippen molar-refractivity contribution in [2.24, 2.45) is 0 Å². The number of anilines is 2. The Bertz CT molecular complexity index is 921. The van der Waals surface area contributed by atoms with Crippen molar-refractivity contribution in [3.63, 3.8) is 0 Å². The van der Waals surface area contributed by atoms with Crippen LogP contribution in [0.25, 0.3) is 0 Å². The van der Waals surface area contributed by atoms with Crippen molar-refractivity contribution >= 4 is 34.6 Å². The number of rotatable bonds is 6. The highest BCUT2D eigenvalue weighted by Gasteiger charge is 2.30. The molecular formula is C22H26N4O2S. The van der Waals surface area contributed by atoms with Gasteiger partial charge >= 0.3 is 0 Å². The summed E-state index contributed by atoms with van der Waals surface area (Å²) < 4.78 is 5.45. The summed E-state index contributed by atoms with van der Waals surface area (Å²) in [4.78, 5) is 15.2. The zero-order chi connectivity index (χ0) is 21.0. The van der Waals surface area contributed by atoms with E-state index in [0.29, 0.717) is 23.0 Å². The number of hydrogen-bond acceptors (Lipinski definition) is 4. The molecule has 1 amide bonds. The number of allylic oxidation sites excluding steroid dienone is 1. The fraction of sp³-hybridized carbons (Fsp3) is 0.273. The third-order valence-corrected chi connectivity index (χ3v) is 4.90. The van der Waals surface area contributed by atoms with Gasteiger partial charge in [0.25, 0.3) is 5.91 Å². The Labute approximate surface area is 176 Å². The van der Waals surface area contributed by atoms with E-state index in [1.165, 1.54) is 0 Å². The third-order valence-electron chi connectivity index (χ3n) is 4.68. The van der Waals surface area contributed by atoms with Crippen LogP contribution in [0.2, 0.25) is 0 Å². The molecular weight excluding hydrogens is 384 g/mol. The van der Waals surface area contributed by atoms with Gasteiger partial charge in [0.1, 0.15) is 5.75 Å². The summed E-state index contributed by atoms with van der Waals surface area (Å²) in [6.07, 6.45) is 0. The highest BCUT2D eigenvalue weighted by molar-refractivity contribution is 7.80. The summed E-state index contributed by atoms with van der Waals surface area (Å²) >= 11 is 5.33. The highest BCUT2D eigenvalue weighted by Crippen LogP contribution is 2.29. The van der Waals surface area contributed by atoms with Crippen LogP contribution in [-0.4, -0.2) is 31.7 Å². The van der Waals surface area contributed by atoms with Gasteiger partial charge in [0.15, 0.2) is 5.11 Å². The zero-order valence-electron chi connectivity index (χ0n) is 17.1. The number of nitrogens with one attached hydrogen (secondary N) is 3. The van der Waals surface area contributed by atoms with Gasteiger partial charge in [-0.15, -0.1) is 0 Å². The van der Waals surface area contributed by atoms with Crippen LogP contribution in [0.15, 0.2) is 59.8 Å². The second-order valence-corrected chi connectivity index (χ2v) is 7.38. The molecule has 0 radical (unpaired) electrons. The van der Waals surface area contributed by atoms with Gasteiger partial charge in [0.2, 0.25) is 0 Å². The average molecular weight is 411 g/mol. The fourth-order valence-electron chi connectivity index (χ4n) is 3.21. The molecule has 6 nitrogen and oxygen atoms in total. The predicted molar refractivity (Wildman–Crippen MR) is 121 cm³/mol. The third kappa shape index (κ3) is 4.86. The van der Waals surface area contributed by atoms with Crippen molar-refractivity contribution < 1.29 is 9.53 Å². The molecule has 0 aliphatic carbocycles. The minimum atomic E-state index is -0.331. The van der Waals surface area contributed by atoms with Crippen LogP contribution in [0, 0.1) is 0 Å². The average Bonchev–Trinajstić information content (AvgIpc) is 2.69. The summed E-state index contributed by atoms with van der Waals surface area (Å²) in [5, 5.41) is 9.76. The van der Waals surface area contributed by atoms with Gasteiger partial charge in [-0.3, -0.25) is 4.79 Å². The van der Waals surface area contributed by atoms with Crippen molar-refractivity contribution in [2.75, 3.05) is 30.9 Å². The molecule has 29 heavy (non-hydrogen) atoms. The molecule has 0 spiro atoms. The van der Waals surface area contributed by atoms with Crippen molar-refractivity contribution in [3.05, 3.63) is 65.4 Å². The Balaban J connectivity index is 1.85. The highest BCUT2D eigenvalue weighted by atomic mass is 32.1. The Morgan fingerprint density at radius 3 is 2.38 bits per heavy atom. The van der Waals surface area contributed by atoms with Crippen LogP contribution < -0.4 is 25.6 Å². The quantitative estimate of drug-likeness (QED) is 0.633. The summed E-state index contributed by atoms with van der Waals surface area (Å²) in [6, 6.07) is 15.1. The Morgan fingerprint density at radius 1 is 1.14 bits per heavy atom. The Kier molecular flexibility index (Phi) is 6.39. The number of amides is 1. The monoisotopic (exact) mass is 410 g/mol.